The van der Waals surface area contributed by atoms with Crippen molar-refractivity contribution in [2.24, 2.45) is 0 Å². The zero-order valence-corrected chi connectivity index (χ0v) is 10.6. The minimum atomic E-state index is -0.660. The normalized spacial score (nSPS) is 11.2. The third-order valence-electron chi connectivity index (χ3n) is 1.59. The molecule has 0 fully saturated rings. The van der Waals surface area contributed by atoms with Crippen molar-refractivity contribution >= 4 is 27.7 Å². The molecule has 0 radical (unpaired) electrons. The first-order chi connectivity index (χ1) is 7.22. The number of hydrogen-bond donors (Lipinski definition) is 0. The maximum absolute atomic E-state index is 11.6. The summed E-state index contributed by atoms with van der Waals surface area (Å²) in [7, 11) is 0. The molecule has 6 nitrogen and oxygen atoms in total. The number of halogens is 1. The van der Waals surface area contributed by atoms with Crippen LogP contribution in [0.1, 0.15) is 20.8 Å². The van der Waals surface area contributed by atoms with Crippen molar-refractivity contribution in [3.63, 3.8) is 0 Å². The van der Waals surface area contributed by atoms with Crippen molar-refractivity contribution in [2.75, 3.05) is 0 Å². The summed E-state index contributed by atoms with van der Waals surface area (Å²) in [5, 5.41) is 10.6. The van der Waals surface area contributed by atoms with Crippen LogP contribution in [0.5, 0.6) is 0 Å². The molecule has 0 saturated heterocycles. The number of carbonyl (C=O) groups is 1. The third-order valence-corrected chi connectivity index (χ3v) is 2.38. The fourth-order valence-corrected chi connectivity index (χ4v) is 1.53. The van der Waals surface area contributed by atoms with Crippen molar-refractivity contribution in [1.29, 1.82) is 0 Å². The first-order valence-electron chi connectivity index (χ1n) is 4.47. The number of rotatable bonds is 1. The fourth-order valence-electron chi connectivity index (χ4n) is 0.991. The first-order valence-corrected chi connectivity index (χ1v) is 5.26. The molecule has 0 amide bonds. The maximum Gasteiger partial charge on any atom is 0.419 e. The van der Waals surface area contributed by atoms with Gasteiger partial charge in [0.1, 0.15) is 5.60 Å². The van der Waals surface area contributed by atoms with E-state index in [4.69, 9.17) is 4.74 Å². The third kappa shape index (κ3) is 2.82. The van der Waals surface area contributed by atoms with Crippen LogP contribution in [0, 0.1) is 10.1 Å². The smallest absolute Gasteiger partial charge is 0.419 e. The number of hydrogen-bond acceptors (Lipinski definition) is 4. The highest BCUT2D eigenvalue weighted by Gasteiger charge is 2.24. The van der Waals surface area contributed by atoms with Crippen molar-refractivity contribution in [3.8, 4) is 0 Å². The lowest BCUT2D eigenvalue weighted by atomic mass is 10.2. The Morgan fingerprint density at radius 2 is 2.12 bits per heavy atom. The van der Waals surface area contributed by atoms with Crippen molar-refractivity contribution < 1.29 is 14.5 Å². The van der Waals surface area contributed by atoms with Gasteiger partial charge in [-0.2, -0.15) is 0 Å². The molecule has 88 valence electrons. The van der Waals surface area contributed by atoms with Crippen LogP contribution in [0.3, 0.4) is 0 Å². The van der Waals surface area contributed by atoms with Crippen LogP contribution in [0.25, 0.3) is 0 Å². The number of aromatic nitrogens is 1. The summed E-state index contributed by atoms with van der Waals surface area (Å²) in [5.41, 5.74) is -0.818. The summed E-state index contributed by atoms with van der Waals surface area (Å²) in [6, 6.07) is 1.23. The molecular formula is C9H11BrN2O4. The lowest BCUT2D eigenvalue weighted by Gasteiger charge is -2.19. The van der Waals surface area contributed by atoms with E-state index in [9.17, 15) is 14.9 Å². The van der Waals surface area contributed by atoms with Crippen LogP contribution in [0.2, 0.25) is 0 Å². The van der Waals surface area contributed by atoms with Crippen LogP contribution in [0.4, 0.5) is 10.5 Å². The highest BCUT2D eigenvalue weighted by molar-refractivity contribution is 9.10. The van der Waals surface area contributed by atoms with E-state index in [2.05, 4.69) is 15.9 Å². The summed E-state index contributed by atoms with van der Waals surface area (Å²) < 4.78 is 6.19. The van der Waals surface area contributed by atoms with Crippen molar-refractivity contribution in [1.82, 2.24) is 4.57 Å². The van der Waals surface area contributed by atoms with Crippen LogP contribution >= 0.6 is 15.9 Å². The summed E-state index contributed by atoms with van der Waals surface area (Å²) in [5.74, 6) is 0. The van der Waals surface area contributed by atoms with Gasteiger partial charge in [0.25, 0.3) is 0 Å². The molecule has 1 rings (SSSR count). The van der Waals surface area contributed by atoms with Crippen LogP contribution in [-0.2, 0) is 4.74 Å². The topological polar surface area (TPSA) is 74.4 Å². The molecule has 0 N–H and O–H groups in total. The Balaban J connectivity index is 2.98. The molecule has 1 aromatic rings. The molecule has 0 bridgehead atoms. The SMILES string of the molecule is CC(C)(C)OC(=O)n1ccc([N+](=O)[O-])c1Br. The predicted molar refractivity (Wildman–Crippen MR) is 60.4 cm³/mol. The Kier molecular flexibility index (Phi) is 3.37. The Hall–Kier alpha value is -1.37. The lowest BCUT2D eigenvalue weighted by Crippen LogP contribution is -2.26. The fraction of sp³-hybridized carbons (Fsp3) is 0.444. The molecule has 0 aliphatic carbocycles. The largest absolute Gasteiger partial charge is 0.443 e. The van der Waals surface area contributed by atoms with Gasteiger partial charge in [0.15, 0.2) is 4.60 Å². The molecule has 0 aromatic carbocycles. The Morgan fingerprint density at radius 1 is 1.56 bits per heavy atom. The molecule has 1 aromatic heterocycles. The van der Waals surface area contributed by atoms with Gasteiger partial charge in [-0.1, -0.05) is 0 Å². The predicted octanol–water partition coefficient (Wildman–Crippen LogP) is 2.94. The monoisotopic (exact) mass is 290 g/mol. The molecule has 1 heterocycles. The molecule has 0 saturated carbocycles. The summed E-state index contributed by atoms with van der Waals surface area (Å²) >= 11 is 2.98. The van der Waals surface area contributed by atoms with E-state index in [1.54, 1.807) is 20.8 Å². The minimum absolute atomic E-state index is 0.0757. The van der Waals surface area contributed by atoms with E-state index in [0.717, 1.165) is 4.57 Å². The van der Waals surface area contributed by atoms with Gasteiger partial charge in [0, 0.05) is 12.3 Å². The van der Waals surface area contributed by atoms with E-state index in [1.165, 1.54) is 12.3 Å². The summed E-state index contributed by atoms with van der Waals surface area (Å²) in [6.45, 7) is 5.16. The molecule has 0 spiro atoms. The summed E-state index contributed by atoms with van der Waals surface area (Å²) in [6.07, 6.45) is 0.628. The lowest BCUT2D eigenvalue weighted by molar-refractivity contribution is -0.385. The molecule has 0 aliphatic rings. The van der Waals surface area contributed by atoms with Gasteiger partial charge in [0.2, 0.25) is 0 Å². The molecular weight excluding hydrogens is 280 g/mol. The molecule has 7 heteroatoms. The van der Waals surface area contributed by atoms with Crippen LogP contribution in [-0.4, -0.2) is 21.2 Å². The second kappa shape index (κ2) is 4.25. The molecule has 16 heavy (non-hydrogen) atoms. The van der Waals surface area contributed by atoms with Gasteiger partial charge in [-0.25, -0.2) is 9.36 Å². The van der Waals surface area contributed by atoms with E-state index in [1.807, 2.05) is 0 Å². The maximum atomic E-state index is 11.6. The number of nitrogens with zero attached hydrogens (tertiary/aromatic N) is 2. The number of ether oxygens (including phenoxy) is 1. The van der Waals surface area contributed by atoms with Crippen LogP contribution in [0.15, 0.2) is 16.9 Å². The Labute approximate surface area is 100 Å². The van der Waals surface area contributed by atoms with Gasteiger partial charge >= 0.3 is 11.8 Å². The van der Waals surface area contributed by atoms with Gasteiger partial charge in [-0.05, 0) is 36.7 Å². The van der Waals surface area contributed by atoms with Gasteiger partial charge in [0.05, 0.1) is 4.92 Å². The van der Waals surface area contributed by atoms with Crippen LogP contribution < -0.4 is 0 Å². The molecule has 0 aliphatic heterocycles. The van der Waals surface area contributed by atoms with E-state index in [0.29, 0.717) is 0 Å². The highest BCUT2D eigenvalue weighted by Crippen LogP contribution is 2.26. The zero-order valence-electron chi connectivity index (χ0n) is 9.06. The van der Waals surface area contributed by atoms with Crippen molar-refractivity contribution in [2.45, 2.75) is 26.4 Å². The highest BCUT2D eigenvalue weighted by atomic mass is 79.9. The van der Waals surface area contributed by atoms with Gasteiger partial charge < -0.3 is 4.74 Å². The van der Waals surface area contributed by atoms with E-state index in [-0.39, 0.29) is 10.3 Å². The van der Waals surface area contributed by atoms with Gasteiger partial charge in [-0.3, -0.25) is 10.1 Å². The quantitative estimate of drug-likeness (QED) is 0.589. The minimum Gasteiger partial charge on any atom is -0.443 e. The number of nitro groups is 1. The molecule has 0 unspecified atom stereocenters. The average molecular weight is 291 g/mol. The Morgan fingerprint density at radius 3 is 2.50 bits per heavy atom. The average Bonchev–Trinajstić information content (AvgIpc) is 2.43. The van der Waals surface area contributed by atoms with Crippen molar-refractivity contribution in [3.05, 3.63) is 27.0 Å². The first kappa shape index (κ1) is 12.7. The zero-order chi connectivity index (χ0) is 12.5. The van der Waals surface area contributed by atoms with E-state index < -0.39 is 16.6 Å². The van der Waals surface area contributed by atoms with Gasteiger partial charge in [-0.15, -0.1) is 0 Å². The number of carbonyl (C=O) groups excluding carboxylic acids is 1. The standard InChI is InChI=1S/C9H11BrN2O4/c1-9(2,3)16-8(13)11-5-4-6(7(11)10)12(14)15/h4-5H,1-3H3. The van der Waals surface area contributed by atoms with E-state index >= 15 is 0 Å². The molecule has 0 atom stereocenters. The second-order valence-electron chi connectivity index (χ2n) is 4.10. The summed E-state index contributed by atoms with van der Waals surface area (Å²) in [4.78, 5) is 21.6. The second-order valence-corrected chi connectivity index (χ2v) is 4.85. The Bertz CT molecular complexity index is 433.